The number of aryl methyl sites for hydroxylation is 2. The normalized spacial score (nSPS) is 14.5. The van der Waals surface area contributed by atoms with Crippen LogP contribution in [0.25, 0.3) is 0 Å². The van der Waals surface area contributed by atoms with E-state index < -0.39 is 5.97 Å². The Morgan fingerprint density at radius 2 is 1.34 bits per heavy atom. The van der Waals surface area contributed by atoms with Gasteiger partial charge in [0.15, 0.2) is 18.2 Å². The number of hydrogen-bond donors (Lipinski definition) is 0. The van der Waals surface area contributed by atoms with Gasteiger partial charge in [-0.05, 0) is 48.2 Å². The van der Waals surface area contributed by atoms with Crippen LogP contribution in [0, 0.1) is 0 Å². The second kappa shape index (κ2) is 8.47. The van der Waals surface area contributed by atoms with E-state index in [9.17, 15) is 14.4 Å². The summed E-state index contributed by atoms with van der Waals surface area (Å²) in [7, 11) is 0. The zero-order valence-corrected chi connectivity index (χ0v) is 16.1. The van der Waals surface area contributed by atoms with Crippen LogP contribution >= 0.6 is 0 Å². The number of carbonyl (C=O) groups excluding carboxylic acids is 3. The van der Waals surface area contributed by atoms with Crippen LogP contribution in [0.15, 0.2) is 36.4 Å². The van der Waals surface area contributed by atoms with Crippen molar-refractivity contribution in [1.29, 1.82) is 0 Å². The highest BCUT2D eigenvalue weighted by atomic mass is 16.6. The second-order valence-electron chi connectivity index (χ2n) is 7.20. The number of ketones is 2. The standard InChI is InChI=1S/C23H22O6/c24-21-8-4-15-2-6-17(12-19(15)21)27-10-1-11-28-23(26)14-29-18-7-3-16-5-9-22(25)20(16)13-18/h2-3,6-7,12-13H,1,4-5,8-11,14H2. The molecule has 0 spiro atoms. The van der Waals surface area contributed by atoms with E-state index in [1.54, 1.807) is 18.2 Å². The van der Waals surface area contributed by atoms with Crippen molar-refractivity contribution < 1.29 is 28.6 Å². The molecule has 150 valence electrons. The van der Waals surface area contributed by atoms with Crippen molar-refractivity contribution in [2.24, 2.45) is 0 Å². The molecule has 0 radical (unpaired) electrons. The Labute approximate surface area is 168 Å². The first kappa shape index (κ1) is 19.2. The first-order valence-corrected chi connectivity index (χ1v) is 9.83. The van der Waals surface area contributed by atoms with Crippen molar-refractivity contribution in [3.05, 3.63) is 58.7 Å². The Kier molecular flexibility index (Phi) is 5.60. The summed E-state index contributed by atoms with van der Waals surface area (Å²) in [4.78, 5) is 35.3. The summed E-state index contributed by atoms with van der Waals surface area (Å²) in [5.41, 5.74) is 3.53. The molecule has 2 aliphatic carbocycles. The summed E-state index contributed by atoms with van der Waals surface area (Å²) in [6, 6.07) is 10.9. The highest BCUT2D eigenvalue weighted by molar-refractivity contribution is 6.01. The maximum Gasteiger partial charge on any atom is 0.344 e. The maximum atomic E-state index is 11.8. The van der Waals surface area contributed by atoms with Crippen LogP contribution in [0.2, 0.25) is 0 Å². The third-order valence-electron chi connectivity index (χ3n) is 5.18. The molecule has 0 saturated heterocycles. The summed E-state index contributed by atoms with van der Waals surface area (Å²) in [5, 5.41) is 0. The molecule has 0 fully saturated rings. The van der Waals surface area contributed by atoms with Crippen molar-refractivity contribution in [2.75, 3.05) is 19.8 Å². The molecule has 0 N–H and O–H groups in total. The van der Waals surface area contributed by atoms with E-state index in [1.807, 2.05) is 18.2 Å². The smallest absolute Gasteiger partial charge is 0.344 e. The van der Waals surface area contributed by atoms with E-state index >= 15 is 0 Å². The van der Waals surface area contributed by atoms with Gasteiger partial charge in [-0.15, -0.1) is 0 Å². The van der Waals surface area contributed by atoms with E-state index in [4.69, 9.17) is 14.2 Å². The molecular weight excluding hydrogens is 372 g/mol. The number of Topliss-reactive ketones (excluding diaryl/α,β-unsaturated/α-hetero) is 2. The zero-order chi connectivity index (χ0) is 20.2. The molecule has 4 rings (SSSR count). The van der Waals surface area contributed by atoms with Crippen molar-refractivity contribution in [3.63, 3.8) is 0 Å². The van der Waals surface area contributed by atoms with Gasteiger partial charge in [0.2, 0.25) is 0 Å². The van der Waals surface area contributed by atoms with Gasteiger partial charge in [-0.3, -0.25) is 9.59 Å². The monoisotopic (exact) mass is 394 g/mol. The van der Waals surface area contributed by atoms with Gasteiger partial charge < -0.3 is 14.2 Å². The molecular formula is C23H22O6. The van der Waals surface area contributed by atoms with Crippen LogP contribution in [0.5, 0.6) is 11.5 Å². The summed E-state index contributed by atoms with van der Waals surface area (Å²) in [5.74, 6) is 0.943. The second-order valence-corrected chi connectivity index (χ2v) is 7.20. The Balaban J connectivity index is 1.15. The number of benzene rings is 2. The Morgan fingerprint density at radius 3 is 1.97 bits per heavy atom. The molecule has 0 bridgehead atoms. The highest BCUT2D eigenvalue weighted by Crippen LogP contribution is 2.27. The quantitative estimate of drug-likeness (QED) is 0.505. The number of rotatable bonds is 8. The van der Waals surface area contributed by atoms with Gasteiger partial charge in [0.25, 0.3) is 0 Å². The molecule has 0 aromatic heterocycles. The fourth-order valence-electron chi connectivity index (χ4n) is 3.63. The minimum absolute atomic E-state index is 0.112. The molecule has 0 atom stereocenters. The largest absolute Gasteiger partial charge is 0.493 e. The lowest BCUT2D eigenvalue weighted by atomic mass is 10.1. The summed E-state index contributed by atoms with van der Waals surface area (Å²) in [6.45, 7) is 0.392. The average Bonchev–Trinajstić information content (AvgIpc) is 3.29. The predicted molar refractivity (Wildman–Crippen MR) is 105 cm³/mol. The third-order valence-corrected chi connectivity index (χ3v) is 5.18. The van der Waals surface area contributed by atoms with E-state index in [2.05, 4.69) is 0 Å². The lowest BCUT2D eigenvalue weighted by Gasteiger charge is -2.09. The Bertz CT molecular complexity index is 962. The van der Waals surface area contributed by atoms with Crippen molar-refractivity contribution in [2.45, 2.75) is 32.1 Å². The zero-order valence-electron chi connectivity index (χ0n) is 16.1. The molecule has 0 heterocycles. The van der Waals surface area contributed by atoms with Crippen LogP contribution < -0.4 is 9.47 Å². The Hall–Kier alpha value is -3.15. The summed E-state index contributed by atoms with van der Waals surface area (Å²) >= 11 is 0. The third kappa shape index (κ3) is 4.47. The van der Waals surface area contributed by atoms with E-state index in [-0.39, 0.29) is 24.8 Å². The molecule has 6 heteroatoms. The molecule has 0 unspecified atom stereocenters. The minimum atomic E-state index is -0.472. The van der Waals surface area contributed by atoms with Gasteiger partial charge in [-0.25, -0.2) is 4.79 Å². The van der Waals surface area contributed by atoms with Crippen molar-refractivity contribution in [1.82, 2.24) is 0 Å². The van der Waals surface area contributed by atoms with Crippen LogP contribution in [0.4, 0.5) is 0 Å². The number of esters is 1. The number of carbonyl (C=O) groups is 3. The van der Waals surface area contributed by atoms with Gasteiger partial charge in [-0.1, -0.05) is 12.1 Å². The topological polar surface area (TPSA) is 78.9 Å². The molecule has 29 heavy (non-hydrogen) atoms. The average molecular weight is 394 g/mol. The van der Waals surface area contributed by atoms with Crippen LogP contribution in [0.3, 0.4) is 0 Å². The van der Waals surface area contributed by atoms with Crippen molar-refractivity contribution in [3.8, 4) is 11.5 Å². The number of fused-ring (bicyclic) bond motifs is 2. The fourth-order valence-corrected chi connectivity index (χ4v) is 3.63. The minimum Gasteiger partial charge on any atom is -0.493 e. The summed E-state index contributed by atoms with van der Waals surface area (Å²) in [6.07, 6.45) is 3.20. The molecule has 2 aliphatic rings. The van der Waals surface area contributed by atoms with E-state index in [0.717, 1.165) is 29.5 Å². The maximum absolute atomic E-state index is 11.8. The number of hydrogen-bond acceptors (Lipinski definition) is 6. The predicted octanol–water partition coefficient (Wildman–Crippen LogP) is 3.34. The van der Waals surface area contributed by atoms with Gasteiger partial charge in [0, 0.05) is 30.4 Å². The van der Waals surface area contributed by atoms with Gasteiger partial charge in [0.1, 0.15) is 11.5 Å². The fraction of sp³-hybridized carbons (Fsp3) is 0.348. The van der Waals surface area contributed by atoms with Gasteiger partial charge in [-0.2, -0.15) is 0 Å². The number of ether oxygens (including phenoxy) is 3. The first-order valence-electron chi connectivity index (χ1n) is 9.83. The van der Waals surface area contributed by atoms with Crippen LogP contribution in [0.1, 0.15) is 51.1 Å². The van der Waals surface area contributed by atoms with E-state index in [0.29, 0.717) is 42.9 Å². The molecule has 0 amide bonds. The van der Waals surface area contributed by atoms with E-state index in [1.165, 1.54) is 0 Å². The SMILES string of the molecule is O=C(COc1ccc2c(c1)C(=O)CC2)OCCCOc1ccc2c(c1)C(=O)CC2. The lowest BCUT2D eigenvalue weighted by Crippen LogP contribution is -2.16. The van der Waals surface area contributed by atoms with Gasteiger partial charge in [0.05, 0.1) is 13.2 Å². The molecule has 0 saturated carbocycles. The van der Waals surface area contributed by atoms with Crippen molar-refractivity contribution >= 4 is 17.5 Å². The Morgan fingerprint density at radius 1 is 0.759 bits per heavy atom. The molecule has 2 aromatic carbocycles. The summed E-state index contributed by atoms with van der Waals surface area (Å²) < 4.78 is 16.2. The van der Waals surface area contributed by atoms with Crippen LogP contribution in [-0.4, -0.2) is 37.4 Å². The molecule has 2 aromatic rings. The highest BCUT2D eigenvalue weighted by Gasteiger charge is 2.20. The lowest BCUT2D eigenvalue weighted by molar-refractivity contribution is -0.146. The molecule has 0 aliphatic heterocycles. The van der Waals surface area contributed by atoms with Gasteiger partial charge >= 0.3 is 5.97 Å². The first-order chi connectivity index (χ1) is 14.1. The van der Waals surface area contributed by atoms with Crippen LogP contribution in [-0.2, 0) is 22.4 Å². The molecule has 6 nitrogen and oxygen atoms in total.